The van der Waals surface area contributed by atoms with Gasteiger partial charge in [-0.1, -0.05) is 45.0 Å². The maximum Gasteiger partial charge on any atom is 0.168 e. The van der Waals surface area contributed by atoms with Crippen molar-refractivity contribution in [1.82, 2.24) is 9.80 Å². The molecule has 1 aliphatic rings. The topological polar surface area (TPSA) is 23.6 Å². The number of hydrogen-bond donors (Lipinski definition) is 0. The van der Waals surface area contributed by atoms with Gasteiger partial charge in [-0.2, -0.15) is 0 Å². The van der Waals surface area contributed by atoms with E-state index in [9.17, 15) is 4.79 Å². The number of carbonyl (C=O) groups is 1. The number of likely N-dealkylation sites (N-methyl/N-ethyl adjacent to an activating group) is 1. The largest absolute Gasteiger partial charge is 0.304 e. The molecule has 2 rings (SSSR count). The smallest absolute Gasteiger partial charge is 0.168 e. The van der Waals surface area contributed by atoms with Crippen LogP contribution in [0.5, 0.6) is 0 Å². The second kappa shape index (κ2) is 8.26. The van der Waals surface area contributed by atoms with Gasteiger partial charge in [0.2, 0.25) is 0 Å². The normalized spacial score (nSPS) is 18.5. The molecule has 1 unspecified atom stereocenters. The Morgan fingerprint density at radius 1 is 1.08 bits per heavy atom. The number of carbonyl (C=O) groups excluding carboxylic acids is 1. The van der Waals surface area contributed by atoms with Gasteiger partial charge in [0.1, 0.15) is 0 Å². The van der Waals surface area contributed by atoms with E-state index in [4.69, 9.17) is 0 Å². The van der Waals surface area contributed by atoms with Crippen LogP contribution in [0.2, 0.25) is 0 Å². The minimum absolute atomic E-state index is 0.220. The molecule has 0 aromatic heterocycles. The molecule has 0 bridgehead atoms. The average molecular weight is 331 g/mol. The first-order valence-corrected chi connectivity index (χ1v) is 9.33. The molecule has 0 spiro atoms. The highest BCUT2D eigenvalue weighted by Gasteiger charge is 2.22. The Morgan fingerprint density at radius 3 is 2.21 bits per heavy atom. The molecule has 3 heteroatoms. The highest BCUT2D eigenvalue weighted by Crippen LogP contribution is 2.21. The second-order valence-electron chi connectivity index (χ2n) is 8.36. The summed E-state index contributed by atoms with van der Waals surface area (Å²) in [6, 6.07) is 8.90. The molecule has 3 nitrogen and oxygen atoms in total. The molecule has 0 saturated carbocycles. The summed E-state index contributed by atoms with van der Waals surface area (Å²) in [7, 11) is 2.20. The molecule has 0 N–H and O–H groups in total. The number of benzene rings is 1. The van der Waals surface area contributed by atoms with Crippen molar-refractivity contribution in [2.24, 2.45) is 5.41 Å². The third-order valence-electron chi connectivity index (χ3n) is 5.15. The summed E-state index contributed by atoms with van der Waals surface area (Å²) in [5.74, 6) is 0.220. The van der Waals surface area contributed by atoms with E-state index in [0.29, 0.717) is 6.04 Å². The van der Waals surface area contributed by atoms with Crippen molar-refractivity contribution >= 4 is 5.78 Å². The molecule has 1 aromatic carbocycles. The van der Waals surface area contributed by atoms with E-state index >= 15 is 0 Å². The lowest BCUT2D eigenvalue weighted by atomic mass is 9.86. The van der Waals surface area contributed by atoms with E-state index in [2.05, 4.69) is 35.9 Å². The summed E-state index contributed by atoms with van der Waals surface area (Å²) in [4.78, 5) is 17.3. The van der Waals surface area contributed by atoms with Crippen LogP contribution in [0.3, 0.4) is 0 Å². The summed E-state index contributed by atoms with van der Waals surface area (Å²) in [6.07, 6.45) is 3.55. The van der Waals surface area contributed by atoms with Gasteiger partial charge in [-0.3, -0.25) is 9.69 Å². The fourth-order valence-corrected chi connectivity index (χ4v) is 3.30. The molecule has 1 saturated heterocycles. The Balaban J connectivity index is 1.77. The first-order chi connectivity index (χ1) is 11.3. The van der Waals surface area contributed by atoms with Gasteiger partial charge in [-0.25, -0.2) is 0 Å². The Hall–Kier alpha value is -1.19. The lowest BCUT2D eigenvalue weighted by Crippen LogP contribution is -2.48. The zero-order valence-corrected chi connectivity index (χ0v) is 16.1. The minimum atomic E-state index is -0.306. The number of nitrogens with zero attached hydrogens (tertiary/aromatic N) is 2. The van der Waals surface area contributed by atoms with Gasteiger partial charge in [-0.15, -0.1) is 0 Å². The van der Waals surface area contributed by atoms with Gasteiger partial charge in [-0.05, 0) is 38.8 Å². The Labute approximate surface area is 148 Å². The molecule has 134 valence electrons. The standard InChI is InChI=1S/C21H34N2O/c1-17(23-15-13-22(5)14-16-23)7-6-8-18-9-11-19(12-10-18)20(24)21(2,3)4/h9-12,17H,6-8,13-16H2,1-5H3. The van der Waals surface area contributed by atoms with Crippen molar-refractivity contribution in [2.45, 2.75) is 53.0 Å². The van der Waals surface area contributed by atoms with Crippen molar-refractivity contribution in [3.63, 3.8) is 0 Å². The molecular formula is C21H34N2O. The van der Waals surface area contributed by atoms with E-state index in [1.165, 1.54) is 44.6 Å². The van der Waals surface area contributed by atoms with E-state index in [0.717, 1.165) is 12.0 Å². The van der Waals surface area contributed by atoms with Crippen molar-refractivity contribution in [3.05, 3.63) is 35.4 Å². The Bertz CT molecular complexity index is 522. The first kappa shape index (κ1) is 19.1. The van der Waals surface area contributed by atoms with E-state index in [1.807, 2.05) is 32.9 Å². The van der Waals surface area contributed by atoms with Crippen molar-refractivity contribution in [1.29, 1.82) is 0 Å². The number of rotatable bonds is 6. The van der Waals surface area contributed by atoms with Gasteiger partial charge in [0.25, 0.3) is 0 Å². The van der Waals surface area contributed by atoms with Crippen LogP contribution >= 0.6 is 0 Å². The van der Waals surface area contributed by atoms with Gasteiger partial charge >= 0.3 is 0 Å². The maximum atomic E-state index is 12.3. The molecular weight excluding hydrogens is 296 g/mol. The molecule has 1 aliphatic heterocycles. The first-order valence-electron chi connectivity index (χ1n) is 9.33. The van der Waals surface area contributed by atoms with E-state index < -0.39 is 0 Å². The van der Waals surface area contributed by atoms with Crippen LogP contribution in [0.15, 0.2) is 24.3 Å². The number of hydrogen-bond acceptors (Lipinski definition) is 3. The summed E-state index contributed by atoms with van der Waals surface area (Å²) in [5, 5.41) is 0. The summed E-state index contributed by atoms with van der Waals surface area (Å²) < 4.78 is 0. The lowest BCUT2D eigenvalue weighted by Gasteiger charge is -2.36. The van der Waals surface area contributed by atoms with Crippen LogP contribution in [0.1, 0.15) is 56.5 Å². The second-order valence-corrected chi connectivity index (χ2v) is 8.36. The van der Waals surface area contributed by atoms with Crippen LogP contribution in [-0.4, -0.2) is 54.9 Å². The fraction of sp³-hybridized carbons (Fsp3) is 0.667. The quantitative estimate of drug-likeness (QED) is 0.740. The predicted octanol–water partition coefficient (Wildman–Crippen LogP) is 3.87. The van der Waals surface area contributed by atoms with Crippen LogP contribution < -0.4 is 0 Å². The van der Waals surface area contributed by atoms with Gasteiger partial charge in [0.05, 0.1) is 0 Å². The van der Waals surface area contributed by atoms with Crippen molar-refractivity contribution < 1.29 is 4.79 Å². The number of ketones is 1. The zero-order chi connectivity index (χ0) is 17.7. The molecule has 1 heterocycles. The molecule has 1 aromatic rings. The summed E-state index contributed by atoms with van der Waals surface area (Å²) >= 11 is 0. The molecule has 0 amide bonds. The lowest BCUT2D eigenvalue weighted by molar-refractivity contribution is 0.0858. The van der Waals surface area contributed by atoms with E-state index in [1.54, 1.807) is 0 Å². The number of aryl methyl sites for hydroxylation is 1. The maximum absolute atomic E-state index is 12.3. The molecule has 1 fully saturated rings. The summed E-state index contributed by atoms with van der Waals surface area (Å²) in [5.41, 5.74) is 1.86. The summed E-state index contributed by atoms with van der Waals surface area (Å²) in [6.45, 7) is 13.1. The van der Waals surface area contributed by atoms with Crippen LogP contribution in [0.25, 0.3) is 0 Å². The SMILES string of the molecule is CC(CCCc1ccc(C(=O)C(C)(C)C)cc1)N1CCN(C)CC1. The fourth-order valence-electron chi connectivity index (χ4n) is 3.30. The monoisotopic (exact) mass is 330 g/mol. The molecule has 1 atom stereocenters. The van der Waals surface area contributed by atoms with Crippen LogP contribution in [0.4, 0.5) is 0 Å². The third-order valence-corrected chi connectivity index (χ3v) is 5.15. The van der Waals surface area contributed by atoms with Crippen molar-refractivity contribution in [3.8, 4) is 0 Å². The van der Waals surface area contributed by atoms with Gasteiger partial charge in [0, 0.05) is 43.2 Å². The molecule has 0 radical (unpaired) electrons. The molecule has 0 aliphatic carbocycles. The van der Waals surface area contributed by atoms with Crippen LogP contribution in [-0.2, 0) is 6.42 Å². The van der Waals surface area contributed by atoms with Gasteiger partial charge in [0.15, 0.2) is 5.78 Å². The minimum Gasteiger partial charge on any atom is -0.304 e. The predicted molar refractivity (Wildman–Crippen MR) is 102 cm³/mol. The van der Waals surface area contributed by atoms with Crippen LogP contribution in [0, 0.1) is 5.41 Å². The highest BCUT2D eigenvalue weighted by molar-refractivity contribution is 5.99. The highest BCUT2D eigenvalue weighted by atomic mass is 16.1. The van der Waals surface area contributed by atoms with Crippen molar-refractivity contribution in [2.75, 3.05) is 33.2 Å². The average Bonchev–Trinajstić information content (AvgIpc) is 2.54. The molecule has 24 heavy (non-hydrogen) atoms. The third kappa shape index (κ3) is 5.42. The zero-order valence-electron chi connectivity index (χ0n) is 16.1. The number of Topliss-reactive ketones (excluding diaryl/α,β-unsaturated/α-hetero) is 1. The Kier molecular flexibility index (Phi) is 6.59. The Morgan fingerprint density at radius 2 is 1.67 bits per heavy atom. The van der Waals surface area contributed by atoms with E-state index in [-0.39, 0.29) is 11.2 Å². The van der Waals surface area contributed by atoms with Gasteiger partial charge < -0.3 is 4.90 Å². The number of piperazine rings is 1.